The number of fused-ring (bicyclic) bond motifs is 1. The first-order valence-electron chi connectivity index (χ1n) is 9.79. The molecule has 10 heteroatoms. The lowest BCUT2D eigenvalue weighted by molar-refractivity contribution is 0.324. The number of guanidine groups is 1. The van der Waals surface area contributed by atoms with E-state index in [1.54, 1.807) is 21.3 Å². The van der Waals surface area contributed by atoms with Crippen molar-refractivity contribution in [3.8, 4) is 17.2 Å². The maximum absolute atomic E-state index is 5.42. The van der Waals surface area contributed by atoms with Crippen LogP contribution in [0.5, 0.6) is 17.2 Å². The molecule has 0 aliphatic carbocycles. The van der Waals surface area contributed by atoms with Gasteiger partial charge in [0.2, 0.25) is 5.75 Å². The molecule has 0 atom stereocenters. The first kappa shape index (κ1) is 24.5. The molecule has 0 spiro atoms. The van der Waals surface area contributed by atoms with Gasteiger partial charge in [0, 0.05) is 25.7 Å². The first-order valence-corrected chi connectivity index (χ1v) is 9.79. The lowest BCUT2D eigenvalue weighted by Crippen LogP contribution is -2.38. The highest BCUT2D eigenvalue weighted by atomic mass is 127. The van der Waals surface area contributed by atoms with Crippen molar-refractivity contribution in [2.75, 3.05) is 34.4 Å². The van der Waals surface area contributed by atoms with E-state index in [0.717, 1.165) is 36.0 Å². The minimum absolute atomic E-state index is 0. The zero-order chi connectivity index (χ0) is 21.3. The molecule has 31 heavy (non-hydrogen) atoms. The second kappa shape index (κ2) is 12.2. The molecule has 168 valence electrons. The summed E-state index contributed by atoms with van der Waals surface area (Å²) in [7, 11) is 4.79. The summed E-state index contributed by atoms with van der Waals surface area (Å²) in [6, 6.07) is 9.65. The number of nitrogens with one attached hydrogen (secondary N) is 2. The number of hydrogen-bond acceptors (Lipinski definition) is 6. The molecule has 0 radical (unpaired) electrons. The minimum atomic E-state index is 0. The van der Waals surface area contributed by atoms with Gasteiger partial charge in [0.25, 0.3) is 0 Å². The molecule has 1 aromatic carbocycles. The van der Waals surface area contributed by atoms with Gasteiger partial charge in [-0.3, -0.25) is 4.40 Å². The van der Waals surface area contributed by atoms with E-state index in [4.69, 9.17) is 14.2 Å². The lowest BCUT2D eigenvalue weighted by atomic mass is 10.2. The van der Waals surface area contributed by atoms with E-state index >= 15 is 0 Å². The third-order valence-electron chi connectivity index (χ3n) is 4.51. The second-order valence-electron chi connectivity index (χ2n) is 6.45. The average molecular weight is 540 g/mol. The fourth-order valence-corrected chi connectivity index (χ4v) is 3.09. The number of pyridine rings is 1. The molecule has 0 saturated heterocycles. The van der Waals surface area contributed by atoms with Crippen LogP contribution in [0, 0.1) is 0 Å². The summed E-state index contributed by atoms with van der Waals surface area (Å²) in [5.74, 6) is 3.41. The number of nitrogens with zero attached hydrogens (tertiary/aromatic N) is 4. The third-order valence-corrected chi connectivity index (χ3v) is 4.51. The van der Waals surface area contributed by atoms with Gasteiger partial charge < -0.3 is 24.8 Å². The average Bonchev–Trinajstić information content (AvgIpc) is 3.19. The third kappa shape index (κ3) is 6.12. The molecule has 0 unspecified atom stereocenters. The Kier molecular flexibility index (Phi) is 9.63. The fraction of sp³-hybridized carbons (Fsp3) is 0.381. The van der Waals surface area contributed by atoms with Crippen LogP contribution in [0.1, 0.15) is 18.3 Å². The SMILES string of the molecule is CCNC(=NCc1cc(OC)c(OC)c(OC)c1)NCCc1nnc2ccccn12.I. The molecule has 0 amide bonds. The summed E-state index contributed by atoms with van der Waals surface area (Å²) in [5, 5.41) is 15.0. The topological polar surface area (TPSA) is 94.3 Å². The number of methoxy groups -OCH3 is 3. The van der Waals surface area contributed by atoms with Gasteiger partial charge in [0.05, 0.1) is 27.9 Å². The molecule has 0 aliphatic rings. The van der Waals surface area contributed by atoms with Crippen molar-refractivity contribution >= 4 is 35.6 Å². The summed E-state index contributed by atoms with van der Waals surface area (Å²) >= 11 is 0. The molecule has 9 nitrogen and oxygen atoms in total. The number of aliphatic imine (C=N–C) groups is 1. The first-order chi connectivity index (χ1) is 14.7. The Morgan fingerprint density at radius 3 is 2.42 bits per heavy atom. The van der Waals surface area contributed by atoms with Crippen LogP contribution in [0.25, 0.3) is 5.65 Å². The number of halogens is 1. The molecular weight excluding hydrogens is 511 g/mol. The molecule has 3 rings (SSSR count). The van der Waals surface area contributed by atoms with E-state index in [2.05, 4.69) is 25.8 Å². The maximum atomic E-state index is 5.42. The number of rotatable bonds is 9. The van der Waals surface area contributed by atoms with Crippen molar-refractivity contribution in [3.63, 3.8) is 0 Å². The number of hydrogen-bond donors (Lipinski definition) is 2. The Morgan fingerprint density at radius 1 is 1.03 bits per heavy atom. The summed E-state index contributed by atoms with van der Waals surface area (Å²) in [4.78, 5) is 4.67. The van der Waals surface area contributed by atoms with Crippen molar-refractivity contribution in [2.45, 2.75) is 19.9 Å². The van der Waals surface area contributed by atoms with E-state index in [1.165, 1.54) is 0 Å². The van der Waals surface area contributed by atoms with Crippen LogP contribution >= 0.6 is 24.0 Å². The number of ether oxygens (including phenoxy) is 3. The number of benzene rings is 1. The Hall–Kier alpha value is -2.76. The van der Waals surface area contributed by atoms with Crippen LogP contribution in [0.4, 0.5) is 0 Å². The van der Waals surface area contributed by atoms with Crippen molar-refractivity contribution in [1.29, 1.82) is 0 Å². The zero-order valence-corrected chi connectivity index (χ0v) is 20.5. The highest BCUT2D eigenvalue weighted by Gasteiger charge is 2.13. The summed E-state index contributed by atoms with van der Waals surface area (Å²) in [6.45, 7) is 3.92. The van der Waals surface area contributed by atoms with Gasteiger partial charge >= 0.3 is 0 Å². The minimum Gasteiger partial charge on any atom is -0.493 e. The van der Waals surface area contributed by atoms with E-state index in [0.29, 0.717) is 30.3 Å². The quantitative estimate of drug-likeness (QED) is 0.245. The molecule has 0 saturated carbocycles. The van der Waals surface area contributed by atoms with E-state index in [-0.39, 0.29) is 24.0 Å². The van der Waals surface area contributed by atoms with Gasteiger partial charge in [0.1, 0.15) is 5.82 Å². The van der Waals surface area contributed by atoms with Gasteiger partial charge in [-0.05, 0) is 36.8 Å². The summed E-state index contributed by atoms with van der Waals surface area (Å²) < 4.78 is 18.2. The van der Waals surface area contributed by atoms with Gasteiger partial charge in [-0.2, -0.15) is 0 Å². The Bertz CT molecular complexity index is 983. The van der Waals surface area contributed by atoms with Crippen LogP contribution in [0.2, 0.25) is 0 Å². The van der Waals surface area contributed by atoms with Crippen LogP contribution < -0.4 is 24.8 Å². The monoisotopic (exact) mass is 540 g/mol. The molecule has 3 aromatic rings. The zero-order valence-electron chi connectivity index (χ0n) is 18.2. The van der Waals surface area contributed by atoms with Crippen molar-refractivity contribution in [1.82, 2.24) is 25.2 Å². The predicted molar refractivity (Wildman–Crippen MR) is 131 cm³/mol. The molecule has 0 bridgehead atoms. The van der Waals surface area contributed by atoms with E-state index < -0.39 is 0 Å². The van der Waals surface area contributed by atoms with Crippen molar-refractivity contribution < 1.29 is 14.2 Å². The summed E-state index contributed by atoms with van der Waals surface area (Å²) in [6.07, 6.45) is 2.69. The highest BCUT2D eigenvalue weighted by molar-refractivity contribution is 14.0. The Morgan fingerprint density at radius 2 is 1.77 bits per heavy atom. The van der Waals surface area contributed by atoms with Crippen LogP contribution in [-0.2, 0) is 13.0 Å². The molecule has 2 aromatic heterocycles. The van der Waals surface area contributed by atoms with Gasteiger partial charge in [-0.1, -0.05) is 6.07 Å². The standard InChI is InChI=1S/C21H28N6O3.HI/c1-5-22-21(23-10-9-19-26-25-18-8-6-7-11-27(18)19)24-14-15-12-16(28-2)20(30-4)17(13-15)29-3;/h6-8,11-13H,5,9-10,14H2,1-4H3,(H2,22,23,24);1H. The Labute approximate surface area is 199 Å². The normalized spacial score (nSPS) is 11.0. The van der Waals surface area contributed by atoms with E-state index in [1.807, 2.05) is 47.9 Å². The van der Waals surface area contributed by atoms with Gasteiger partial charge in [-0.25, -0.2) is 4.99 Å². The van der Waals surface area contributed by atoms with Crippen LogP contribution in [0.3, 0.4) is 0 Å². The fourth-order valence-electron chi connectivity index (χ4n) is 3.09. The molecule has 0 aliphatic heterocycles. The van der Waals surface area contributed by atoms with Crippen LogP contribution in [0.15, 0.2) is 41.5 Å². The Balaban J connectivity index is 0.00000341. The highest BCUT2D eigenvalue weighted by Crippen LogP contribution is 2.38. The summed E-state index contributed by atoms with van der Waals surface area (Å²) in [5.41, 5.74) is 1.79. The largest absolute Gasteiger partial charge is 0.493 e. The maximum Gasteiger partial charge on any atom is 0.203 e. The lowest BCUT2D eigenvalue weighted by Gasteiger charge is -2.14. The van der Waals surface area contributed by atoms with Gasteiger partial charge in [0.15, 0.2) is 23.1 Å². The van der Waals surface area contributed by atoms with Crippen molar-refractivity contribution in [3.05, 3.63) is 47.9 Å². The predicted octanol–water partition coefficient (Wildman–Crippen LogP) is 2.67. The van der Waals surface area contributed by atoms with Crippen molar-refractivity contribution in [2.24, 2.45) is 4.99 Å². The van der Waals surface area contributed by atoms with E-state index in [9.17, 15) is 0 Å². The number of aromatic nitrogens is 3. The molecule has 2 N–H and O–H groups in total. The van der Waals surface area contributed by atoms with Gasteiger partial charge in [-0.15, -0.1) is 34.2 Å². The van der Waals surface area contributed by atoms with Crippen LogP contribution in [-0.4, -0.2) is 55.0 Å². The molecule has 2 heterocycles. The molecule has 0 fully saturated rings. The second-order valence-corrected chi connectivity index (χ2v) is 6.45. The smallest absolute Gasteiger partial charge is 0.203 e. The molecular formula is C21H29IN6O3.